The van der Waals surface area contributed by atoms with Crippen LogP contribution in [0.4, 0.5) is 4.79 Å². The second kappa shape index (κ2) is 5.07. The van der Waals surface area contributed by atoms with E-state index < -0.39 is 0 Å². The van der Waals surface area contributed by atoms with Crippen LogP contribution in [0.2, 0.25) is 0 Å². The van der Waals surface area contributed by atoms with Crippen molar-refractivity contribution in [3.63, 3.8) is 0 Å². The molecule has 1 rings (SSSR count). The Morgan fingerprint density at radius 3 is 2.69 bits per heavy atom. The maximum Gasteiger partial charge on any atom is 0.411 e. The van der Waals surface area contributed by atoms with Gasteiger partial charge in [0.15, 0.2) is 6.23 Å². The second-order valence-corrected chi connectivity index (χ2v) is 3.06. The molecule has 1 amide bonds. The van der Waals surface area contributed by atoms with E-state index in [0.29, 0.717) is 13.1 Å². The molecule has 0 aromatic carbocycles. The van der Waals surface area contributed by atoms with Crippen molar-refractivity contribution >= 4 is 6.09 Å². The van der Waals surface area contributed by atoms with Crippen LogP contribution in [0.3, 0.4) is 0 Å². The van der Waals surface area contributed by atoms with Crippen LogP contribution in [0.5, 0.6) is 0 Å². The van der Waals surface area contributed by atoms with Gasteiger partial charge in [-0.05, 0) is 20.3 Å². The molecule has 13 heavy (non-hydrogen) atoms. The molecule has 0 aromatic heterocycles. The summed E-state index contributed by atoms with van der Waals surface area (Å²) in [5, 5.41) is 4.16. The average molecular weight is 185 g/mol. The molecule has 1 fully saturated rings. The maximum atomic E-state index is 11.4. The van der Waals surface area contributed by atoms with Gasteiger partial charge in [0.25, 0.3) is 0 Å². The normalized spacial score (nSPS) is 21.5. The van der Waals surface area contributed by atoms with Crippen molar-refractivity contribution in [1.29, 1.82) is 0 Å². The van der Waals surface area contributed by atoms with E-state index in [4.69, 9.17) is 4.74 Å². The topological polar surface area (TPSA) is 43.6 Å². The van der Waals surface area contributed by atoms with Gasteiger partial charge in [0.05, 0.1) is 0 Å². The molecule has 75 valence electrons. The fourth-order valence-corrected chi connectivity index (χ4v) is 1.36. The van der Waals surface area contributed by atoms with Crippen molar-refractivity contribution in [2.75, 3.05) is 19.6 Å². The Kier molecular flexibility index (Phi) is 4.02. The molecule has 1 saturated heterocycles. The summed E-state index contributed by atoms with van der Waals surface area (Å²) in [5.74, 6) is 0. The number of carbonyl (C=O) groups is 1. The van der Waals surface area contributed by atoms with Crippen molar-refractivity contribution in [2.45, 2.75) is 32.9 Å². The van der Waals surface area contributed by atoms with Gasteiger partial charge >= 0.3 is 6.09 Å². The van der Waals surface area contributed by atoms with Gasteiger partial charge in [-0.25, -0.2) is 10.1 Å². The number of hydrogen-bond acceptors (Lipinski definition) is 2. The molecule has 0 aromatic rings. The summed E-state index contributed by atoms with van der Waals surface area (Å²) in [7, 11) is 0. The molecular formula is C9H17N2O2. The molecule has 0 saturated carbocycles. The molecule has 1 atom stereocenters. The van der Waals surface area contributed by atoms with E-state index in [9.17, 15) is 4.79 Å². The monoisotopic (exact) mass is 185 g/mol. The predicted molar refractivity (Wildman–Crippen MR) is 49.4 cm³/mol. The van der Waals surface area contributed by atoms with Gasteiger partial charge in [0, 0.05) is 26.1 Å². The first-order valence-electron chi connectivity index (χ1n) is 4.90. The summed E-state index contributed by atoms with van der Waals surface area (Å²) in [6.07, 6.45) is 1.50. The molecule has 0 aliphatic carbocycles. The molecule has 0 spiro atoms. The Hall–Kier alpha value is -0.770. The molecule has 1 unspecified atom stereocenters. The SMILES string of the molecule is CCN(CC)C(=O)OC1CCC[N]1. The van der Waals surface area contributed by atoms with E-state index in [2.05, 4.69) is 5.32 Å². The fourth-order valence-electron chi connectivity index (χ4n) is 1.36. The minimum Gasteiger partial charge on any atom is -0.429 e. The molecule has 1 heterocycles. The largest absolute Gasteiger partial charge is 0.429 e. The number of hydrogen-bond donors (Lipinski definition) is 0. The number of rotatable bonds is 3. The van der Waals surface area contributed by atoms with Crippen LogP contribution in [-0.4, -0.2) is 36.9 Å². The molecule has 1 radical (unpaired) electrons. The van der Waals surface area contributed by atoms with Crippen molar-refractivity contribution < 1.29 is 9.53 Å². The lowest BCUT2D eigenvalue weighted by molar-refractivity contribution is 0.0574. The second-order valence-electron chi connectivity index (χ2n) is 3.06. The Bertz CT molecular complexity index is 163. The zero-order chi connectivity index (χ0) is 9.68. The molecule has 1 aliphatic heterocycles. The van der Waals surface area contributed by atoms with Crippen LogP contribution in [0.15, 0.2) is 0 Å². The van der Waals surface area contributed by atoms with E-state index in [-0.39, 0.29) is 12.3 Å². The van der Waals surface area contributed by atoms with E-state index >= 15 is 0 Å². The molecule has 1 aliphatic rings. The van der Waals surface area contributed by atoms with E-state index in [1.807, 2.05) is 13.8 Å². The number of ether oxygens (including phenoxy) is 1. The van der Waals surface area contributed by atoms with Crippen molar-refractivity contribution in [3.8, 4) is 0 Å². The predicted octanol–water partition coefficient (Wildman–Crippen LogP) is 1.19. The number of nitrogens with zero attached hydrogens (tertiary/aromatic N) is 2. The van der Waals surface area contributed by atoms with E-state index in [1.165, 1.54) is 0 Å². The minimum atomic E-state index is -0.236. The minimum absolute atomic E-state index is 0.187. The number of carbonyl (C=O) groups excluding carboxylic acids is 1. The third-order valence-corrected chi connectivity index (χ3v) is 2.20. The Balaban J connectivity index is 2.29. The van der Waals surface area contributed by atoms with Gasteiger partial charge in [-0.2, -0.15) is 0 Å². The van der Waals surface area contributed by atoms with Gasteiger partial charge < -0.3 is 9.64 Å². The number of amides is 1. The van der Waals surface area contributed by atoms with E-state index in [0.717, 1.165) is 19.4 Å². The lowest BCUT2D eigenvalue weighted by Gasteiger charge is -2.20. The smallest absolute Gasteiger partial charge is 0.411 e. The zero-order valence-electron chi connectivity index (χ0n) is 8.32. The van der Waals surface area contributed by atoms with Crippen molar-refractivity contribution in [3.05, 3.63) is 0 Å². The van der Waals surface area contributed by atoms with Crippen LogP contribution in [0.25, 0.3) is 0 Å². The van der Waals surface area contributed by atoms with Crippen LogP contribution in [-0.2, 0) is 4.74 Å². The Morgan fingerprint density at radius 2 is 2.23 bits per heavy atom. The highest BCUT2D eigenvalue weighted by Gasteiger charge is 2.21. The fraction of sp³-hybridized carbons (Fsp3) is 0.889. The highest BCUT2D eigenvalue weighted by molar-refractivity contribution is 5.67. The molecule has 4 nitrogen and oxygen atoms in total. The summed E-state index contributed by atoms with van der Waals surface area (Å²) in [5.41, 5.74) is 0. The third-order valence-electron chi connectivity index (χ3n) is 2.20. The molecular weight excluding hydrogens is 168 g/mol. The van der Waals surface area contributed by atoms with Gasteiger partial charge in [0.2, 0.25) is 0 Å². The van der Waals surface area contributed by atoms with Gasteiger partial charge in [-0.15, -0.1) is 0 Å². The molecule has 0 bridgehead atoms. The standard InChI is InChI=1S/C9H17N2O2/c1-3-11(4-2)9(12)13-8-6-5-7-10-8/h8H,3-7H2,1-2H3. The molecule has 4 heteroatoms. The summed E-state index contributed by atoms with van der Waals surface area (Å²) in [6.45, 7) is 6.10. The summed E-state index contributed by atoms with van der Waals surface area (Å²) < 4.78 is 5.18. The van der Waals surface area contributed by atoms with Crippen LogP contribution in [0.1, 0.15) is 26.7 Å². The van der Waals surface area contributed by atoms with E-state index in [1.54, 1.807) is 4.90 Å². The zero-order valence-corrected chi connectivity index (χ0v) is 8.32. The van der Waals surface area contributed by atoms with Crippen LogP contribution in [0, 0.1) is 0 Å². The summed E-state index contributed by atoms with van der Waals surface area (Å²) >= 11 is 0. The maximum absolute atomic E-state index is 11.4. The third kappa shape index (κ3) is 2.88. The molecule has 0 N–H and O–H groups in total. The average Bonchev–Trinajstić information content (AvgIpc) is 2.59. The van der Waals surface area contributed by atoms with Gasteiger partial charge in [-0.3, -0.25) is 0 Å². The van der Waals surface area contributed by atoms with Gasteiger partial charge in [-0.1, -0.05) is 0 Å². The Morgan fingerprint density at radius 1 is 1.54 bits per heavy atom. The summed E-state index contributed by atoms with van der Waals surface area (Å²) in [6, 6.07) is 0. The van der Waals surface area contributed by atoms with Crippen molar-refractivity contribution in [1.82, 2.24) is 10.2 Å². The van der Waals surface area contributed by atoms with Gasteiger partial charge in [0.1, 0.15) is 0 Å². The lowest BCUT2D eigenvalue weighted by Crippen LogP contribution is -2.35. The first kappa shape index (κ1) is 10.3. The first-order valence-corrected chi connectivity index (χ1v) is 4.90. The highest BCUT2D eigenvalue weighted by atomic mass is 16.6. The lowest BCUT2D eigenvalue weighted by atomic mass is 10.4. The highest BCUT2D eigenvalue weighted by Crippen LogP contribution is 2.09. The Labute approximate surface area is 79.2 Å². The van der Waals surface area contributed by atoms with Crippen LogP contribution < -0.4 is 5.32 Å². The summed E-state index contributed by atoms with van der Waals surface area (Å²) in [4.78, 5) is 13.1. The van der Waals surface area contributed by atoms with Crippen molar-refractivity contribution in [2.24, 2.45) is 0 Å². The first-order chi connectivity index (χ1) is 6.27. The van der Waals surface area contributed by atoms with Crippen LogP contribution >= 0.6 is 0 Å². The quantitative estimate of drug-likeness (QED) is 0.663.